The van der Waals surface area contributed by atoms with Gasteiger partial charge in [0.15, 0.2) is 0 Å². The van der Waals surface area contributed by atoms with Crippen LogP contribution in [-0.2, 0) is 0 Å². The van der Waals surface area contributed by atoms with Crippen molar-refractivity contribution < 1.29 is 4.79 Å². The first-order chi connectivity index (χ1) is 6.07. The number of aryl methyl sites for hydroxylation is 1. The second kappa shape index (κ2) is 4.07. The Kier molecular flexibility index (Phi) is 3.28. The molecule has 0 atom stereocenters. The van der Waals surface area contributed by atoms with E-state index in [1.54, 1.807) is 19.1 Å². The van der Waals surface area contributed by atoms with Gasteiger partial charge in [0, 0.05) is 3.57 Å². The third kappa shape index (κ3) is 2.01. The van der Waals surface area contributed by atoms with Crippen molar-refractivity contribution in [3.8, 4) is 6.07 Å². The summed E-state index contributed by atoms with van der Waals surface area (Å²) in [6.07, 6.45) is 0. The van der Waals surface area contributed by atoms with Gasteiger partial charge in [-0.3, -0.25) is 4.79 Å². The molecule has 2 nitrogen and oxygen atoms in total. The molecule has 0 aliphatic carbocycles. The largest absolute Gasteiger partial charge is 0.276 e. The van der Waals surface area contributed by atoms with Crippen LogP contribution in [0.5, 0.6) is 0 Å². The molecule has 0 saturated heterocycles. The van der Waals surface area contributed by atoms with Crippen LogP contribution in [-0.4, -0.2) is 5.24 Å². The summed E-state index contributed by atoms with van der Waals surface area (Å²) in [6.45, 7) is 1.78. The molecule has 66 valence electrons. The quantitative estimate of drug-likeness (QED) is 0.591. The summed E-state index contributed by atoms with van der Waals surface area (Å²) in [7, 11) is 0. The molecule has 0 N–H and O–H groups in total. The van der Waals surface area contributed by atoms with Gasteiger partial charge in [-0.05, 0) is 52.7 Å². The molecule has 0 spiro atoms. The number of carbonyl (C=O) groups excluding carboxylic acids is 1. The summed E-state index contributed by atoms with van der Waals surface area (Å²) in [6, 6.07) is 5.54. The van der Waals surface area contributed by atoms with Crippen molar-refractivity contribution >= 4 is 39.4 Å². The number of nitrogens with zero attached hydrogens (tertiary/aromatic N) is 1. The minimum atomic E-state index is -0.579. The monoisotopic (exact) mass is 305 g/mol. The molecule has 0 aliphatic heterocycles. The Labute approximate surface area is 94.6 Å². The number of carbonyl (C=O) groups is 1. The summed E-state index contributed by atoms with van der Waals surface area (Å²) >= 11 is 7.35. The highest BCUT2D eigenvalue weighted by Gasteiger charge is 2.14. The van der Waals surface area contributed by atoms with Gasteiger partial charge >= 0.3 is 0 Å². The highest BCUT2D eigenvalue weighted by atomic mass is 127. The average Bonchev–Trinajstić information content (AvgIpc) is 2.07. The maximum Gasteiger partial charge on any atom is 0.254 e. The van der Waals surface area contributed by atoms with Crippen molar-refractivity contribution in [2.45, 2.75) is 6.92 Å². The zero-order valence-electron chi connectivity index (χ0n) is 6.77. The first kappa shape index (κ1) is 10.5. The lowest BCUT2D eigenvalue weighted by molar-refractivity contribution is 0.108. The third-order valence-electron chi connectivity index (χ3n) is 1.67. The predicted molar refractivity (Wildman–Crippen MR) is 58.8 cm³/mol. The number of benzene rings is 1. The van der Waals surface area contributed by atoms with Crippen molar-refractivity contribution in [3.05, 3.63) is 32.4 Å². The lowest BCUT2D eigenvalue weighted by atomic mass is 10.0. The van der Waals surface area contributed by atoms with Crippen LogP contribution in [0.2, 0.25) is 0 Å². The van der Waals surface area contributed by atoms with Gasteiger partial charge in [0.05, 0.1) is 11.1 Å². The van der Waals surface area contributed by atoms with E-state index in [-0.39, 0.29) is 0 Å². The van der Waals surface area contributed by atoms with Crippen molar-refractivity contribution in [2.24, 2.45) is 0 Å². The van der Waals surface area contributed by atoms with Gasteiger partial charge < -0.3 is 0 Å². The smallest absolute Gasteiger partial charge is 0.254 e. The van der Waals surface area contributed by atoms with E-state index in [1.165, 1.54) is 0 Å². The molecule has 0 bridgehead atoms. The highest BCUT2D eigenvalue weighted by molar-refractivity contribution is 14.1. The van der Waals surface area contributed by atoms with Gasteiger partial charge in [-0.2, -0.15) is 5.26 Å². The fourth-order valence-electron chi connectivity index (χ4n) is 1.02. The Hall–Kier alpha value is -0.600. The Bertz CT molecular complexity index is 409. The topological polar surface area (TPSA) is 40.9 Å². The molecule has 0 amide bonds. The van der Waals surface area contributed by atoms with Crippen LogP contribution in [0, 0.1) is 21.8 Å². The van der Waals surface area contributed by atoms with Gasteiger partial charge in [0.25, 0.3) is 5.24 Å². The molecule has 0 unspecified atom stereocenters. The van der Waals surface area contributed by atoms with Gasteiger partial charge in [-0.15, -0.1) is 0 Å². The zero-order valence-corrected chi connectivity index (χ0v) is 9.68. The van der Waals surface area contributed by atoms with E-state index < -0.39 is 5.24 Å². The summed E-state index contributed by atoms with van der Waals surface area (Å²) in [5, 5.41) is 8.23. The SMILES string of the molecule is Cc1ccc(I)c(C(=O)Cl)c1C#N. The number of hydrogen-bond donors (Lipinski definition) is 0. The van der Waals surface area contributed by atoms with Gasteiger partial charge in [0.1, 0.15) is 6.07 Å². The van der Waals surface area contributed by atoms with Crippen LogP contribution >= 0.6 is 34.2 Å². The Morgan fingerprint density at radius 1 is 1.62 bits per heavy atom. The average molecular weight is 306 g/mol. The normalized spacial score (nSPS) is 9.38. The van der Waals surface area contributed by atoms with Gasteiger partial charge in [-0.25, -0.2) is 0 Å². The number of rotatable bonds is 1. The van der Waals surface area contributed by atoms with E-state index in [2.05, 4.69) is 0 Å². The summed E-state index contributed by atoms with van der Waals surface area (Å²) in [5.41, 5.74) is 1.45. The van der Waals surface area contributed by atoms with Crippen LogP contribution in [0.25, 0.3) is 0 Å². The first-order valence-electron chi connectivity index (χ1n) is 3.47. The molecule has 13 heavy (non-hydrogen) atoms. The third-order valence-corrected chi connectivity index (χ3v) is 2.76. The zero-order chi connectivity index (χ0) is 10.0. The van der Waals surface area contributed by atoms with Gasteiger partial charge in [0.2, 0.25) is 0 Å². The maximum atomic E-state index is 11.0. The molecule has 0 saturated carbocycles. The molecule has 0 aromatic heterocycles. The molecule has 0 fully saturated rings. The van der Waals surface area contributed by atoms with Gasteiger partial charge in [-0.1, -0.05) is 6.07 Å². The summed E-state index contributed by atoms with van der Waals surface area (Å²) in [5.74, 6) is 0. The lowest BCUT2D eigenvalue weighted by Gasteiger charge is -2.03. The molecule has 0 heterocycles. The van der Waals surface area contributed by atoms with Crippen molar-refractivity contribution in [3.63, 3.8) is 0 Å². The molecule has 1 rings (SSSR count). The second-order valence-corrected chi connectivity index (χ2v) is 4.01. The summed E-state index contributed by atoms with van der Waals surface area (Å²) < 4.78 is 0.708. The van der Waals surface area contributed by atoms with Crippen molar-refractivity contribution in [1.29, 1.82) is 5.26 Å². The van der Waals surface area contributed by atoms with E-state index >= 15 is 0 Å². The number of nitriles is 1. The fourth-order valence-corrected chi connectivity index (χ4v) is 2.07. The van der Waals surface area contributed by atoms with Crippen LogP contribution in [0.3, 0.4) is 0 Å². The van der Waals surface area contributed by atoms with E-state index in [1.807, 2.05) is 28.7 Å². The van der Waals surface area contributed by atoms with E-state index in [0.29, 0.717) is 14.7 Å². The number of hydrogen-bond acceptors (Lipinski definition) is 2. The molecule has 4 heteroatoms. The maximum absolute atomic E-state index is 11.0. The van der Waals surface area contributed by atoms with Crippen molar-refractivity contribution in [2.75, 3.05) is 0 Å². The standard InChI is InChI=1S/C9H5ClINO/c1-5-2-3-7(11)8(9(10)13)6(5)4-12/h2-3H,1H3. The van der Waals surface area contributed by atoms with Crippen LogP contribution in [0.1, 0.15) is 21.5 Å². The van der Waals surface area contributed by atoms with E-state index in [0.717, 1.165) is 5.56 Å². The minimum Gasteiger partial charge on any atom is -0.276 e. The van der Waals surface area contributed by atoms with Crippen LogP contribution < -0.4 is 0 Å². The molecular weight excluding hydrogens is 300 g/mol. The van der Waals surface area contributed by atoms with E-state index in [9.17, 15) is 4.79 Å². The number of halogens is 2. The molecule has 1 aromatic rings. The lowest BCUT2D eigenvalue weighted by Crippen LogP contribution is -2.00. The van der Waals surface area contributed by atoms with Crippen LogP contribution in [0.4, 0.5) is 0 Å². The predicted octanol–water partition coefficient (Wildman–Crippen LogP) is 2.85. The molecule has 0 radical (unpaired) electrons. The highest BCUT2D eigenvalue weighted by Crippen LogP contribution is 2.21. The Morgan fingerprint density at radius 2 is 2.23 bits per heavy atom. The molecule has 1 aromatic carbocycles. The Balaban J connectivity index is 3.55. The van der Waals surface area contributed by atoms with Crippen molar-refractivity contribution in [1.82, 2.24) is 0 Å². The second-order valence-electron chi connectivity index (χ2n) is 2.50. The molecular formula is C9H5ClINO. The van der Waals surface area contributed by atoms with Crippen LogP contribution in [0.15, 0.2) is 12.1 Å². The van der Waals surface area contributed by atoms with E-state index in [4.69, 9.17) is 16.9 Å². The fraction of sp³-hybridized carbons (Fsp3) is 0.111. The minimum absolute atomic E-state index is 0.310. The Morgan fingerprint density at radius 3 is 2.62 bits per heavy atom. The first-order valence-corrected chi connectivity index (χ1v) is 4.92. The molecule has 0 aliphatic rings. The summed E-state index contributed by atoms with van der Waals surface area (Å²) in [4.78, 5) is 11.0.